The molecule has 0 aromatic carbocycles. The Morgan fingerprint density at radius 1 is 1.56 bits per heavy atom. The van der Waals surface area contributed by atoms with E-state index in [0.717, 1.165) is 19.3 Å². The van der Waals surface area contributed by atoms with Crippen LogP contribution in [0.15, 0.2) is 5.18 Å². The highest BCUT2D eigenvalue weighted by Crippen LogP contribution is 2.26. The normalized spacial score (nSPS) is 34.8. The molecule has 3 heteroatoms. The zero-order valence-electron chi connectivity index (χ0n) is 5.29. The molecule has 0 aromatic rings. The number of nitroso groups, excluding NO2 is 1. The average Bonchev–Trinajstić information content (AvgIpc) is 2.34. The van der Waals surface area contributed by atoms with Crippen LogP contribution in [-0.4, -0.2) is 17.8 Å². The third-order valence-electron chi connectivity index (χ3n) is 1.92. The fraction of sp³-hybridized carbons (Fsp3) is 1.00. The van der Waals surface area contributed by atoms with Crippen LogP contribution in [0.4, 0.5) is 0 Å². The summed E-state index contributed by atoms with van der Waals surface area (Å²) >= 11 is 0. The molecule has 0 aliphatic heterocycles. The summed E-state index contributed by atoms with van der Waals surface area (Å²) in [5.74, 6) is 0.340. The lowest BCUT2D eigenvalue weighted by Crippen LogP contribution is -2.01. The number of hydrogen-bond acceptors (Lipinski definition) is 3. The van der Waals surface area contributed by atoms with Crippen molar-refractivity contribution in [2.24, 2.45) is 11.1 Å². The zero-order valence-corrected chi connectivity index (χ0v) is 5.29. The van der Waals surface area contributed by atoms with E-state index in [9.17, 15) is 4.91 Å². The summed E-state index contributed by atoms with van der Waals surface area (Å²) in [6.45, 7) is 0.214. The number of rotatable bonds is 2. The van der Waals surface area contributed by atoms with E-state index in [4.69, 9.17) is 5.11 Å². The summed E-state index contributed by atoms with van der Waals surface area (Å²) in [6, 6.07) is -0.0119. The molecule has 1 saturated carbocycles. The molecule has 0 radical (unpaired) electrons. The van der Waals surface area contributed by atoms with Crippen molar-refractivity contribution in [1.82, 2.24) is 0 Å². The van der Waals surface area contributed by atoms with Gasteiger partial charge in [0.1, 0.15) is 0 Å². The van der Waals surface area contributed by atoms with Crippen LogP contribution in [0.5, 0.6) is 0 Å². The van der Waals surface area contributed by atoms with E-state index < -0.39 is 0 Å². The molecule has 1 aliphatic rings. The van der Waals surface area contributed by atoms with Crippen molar-refractivity contribution in [3.05, 3.63) is 4.91 Å². The molecular formula is C6H11NO2. The summed E-state index contributed by atoms with van der Waals surface area (Å²) in [4.78, 5) is 9.94. The quantitative estimate of drug-likeness (QED) is 0.563. The molecule has 2 unspecified atom stereocenters. The standard InChI is InChI=1S/C6H11NO2/c8-4-5-1-2-6(3-5)7-9/h5-6,8H,1-4H2. The Bertz CT molecular complexity index is 105. The molecule has 0 saturated heterocycles. The number of aliphatic hydroxyl groups is 1. The second-order valence-corrected chi connectivity index (χ2v) is 2.62. The van der Waals surface area contributed by atoms with Gasteiger partial charge in [0.15, 0.2) is 0 Å². The summed E-state index contributed by atoms with van der Waals surface area (Å²) in [6.07, 6.45) is 2.63. The van der Waals surface area contributed by atoms with Gasteiger partial charge >= 0.3 is 0 Å². The summed E-state index contributed by atoms with van der Waals surface area (Å²) in [7, 11) is 0. The number of hydrogen-bond donors (Lipinski definition) is 1. The van der Waals surface area contributed by atoms with Crippen molar-refractivity contribution < 1.29 is 5.11 Å². The summed E-state index contributed by atoms with van der Waals surface area (Å²) in [5, 5.41) is 11.6. The van der Waals surface area contributed by atoms with Gasteiger partial charge in [-0.1, -0.05) is 5.18 Å². The fourth-order valence-electron chi connectivity index (χ4n) is 1.31. The van der Waals surface area contributed by atoms with E-state index in [1.807, 2.05) is 0 Å². The Hall–Kier alpha value is -0.440. The lowest BCUT2D eigenvalue weighted by atomic mass is 10.1. The summed E-state index contributed by atoms with van der Waals surface area (Å²) in [5.41, 5.74) is 0. The topological polar surface area (TPSA) is 49.7 Å². The van der Waals surface area contributed by atoms with Crippen LogP contribution in [-0.2, 0) is 0 Å². The van der Waals surface area contributed by atoms with E-state index >= 15 is 0 Å². The maximum Gasteiger partial charge on any atom is 0.0923 e. The first kappa shape index (κ1) is 6.68. The van der Waals surface area contributed by atoms with Gasteiger partial charge in [0.05, 0.1) is 6.04 Å². The van der Waals surface area contributed by atoms with Gasteiger partial charge in [-0.05, 0) is 25.2 Å². The first-order valence-corrected chi connectivity index (χ1v) is 3.30. The predicted octanol–water partition coefficient (Wildman–Crippen LogP) is 0.914. The third-order valence-corrected chi connectivity index (χ3v) is 1.92. The van der Waals surface area contributed by atoms with E-state index in [1.165, 1.54) is 0 Å². The van der Waals surface area contributed by atoms with Crippen molar-refractivity contribution in [1.29, 1.82) is 0 Å². The van der Waals surface area contributed by atoms with Gasteiger partial charge in [-0.3, -0.25) is 0 Å². The molecule has 1 fully saturated rings. The minimum Gasteiger partial charge on any atom is -0.396 e. The van der Waals surface area contributed by atoms with Crippen LogP contribution in [0.1, 0.15) is 19.3 Å². The summed E-state index contributed by atoms with van der Waals surface area (Å²) < 4.78 is 0. The Balaban J connectivity index is 2.28. The van der Waals surface area contributed by atoms with Crippen LogP contribution in [0, 0.1) is 10.8 Å². The van der Waals surface area contributed by atoms with E-state index in [-0.39, 0.29) is 12.6 Å². The zero-order chi connectivity index (χ0) is 6.69. The second-order valence-electron chi connectivity index (χ2n) is 2.62. The lowest BCUT2D eigenvalue weighted by molar-refractivity contribution is 0.229. The first-order valence-electron chi connectivity index (χ1n) is 3.30. The predicted molar refractivity (Wildman–Crippen MR) is 34.0 cm³/mol. The molecule has 1 aliphatic carbocycles. The van der Waals surface area contributed by atoms with Crippen molar-refractivity contribution in [3.63, 3.8) is 0 Å². The second kappa shape index (κ2) is 2.92. The van der Waals surface area contributed by atoms with Gasteiger partial charge in [0, 0.05) is 6.61 Å². The van der Waals surface area contributed by atoms with Crippen LogP contribution in [0.3, 0.4) is 0 Å². The lowest BCUT2D eigenvalue weighted by Gasteiger charge is -2.00. The molecule has 0 heterocycles. The molecule has 0 spiro atoms. The Morgan fingerprint density at radius 3 is 2.67 bits per heavy atom. The van der Waals surface area contributed by atoms with Crippen LogP contribution in [0.2, 0.25) is 0 Å². The third kappa shape index (κ3) is 1.48. The highest BCUT2D eigenvalue weighted by atomic mass is 16.3. The smallest absolute Gasteiger partial charge is 0.0923 e. The minimum absolute atomic E-state index is 0.0119. The maximum atomic E-state index is 9.94. The molecular weight excluding hydrogens is 118 g/mol. The van der Waals surface area contributed by atoms with E-state index in [2.05, 4.69) is 5.18 Å². The number of nitrogens with zero attached hydrogens (tertiary/aromatic N) is 1. The van der Waals surface area contributed by atoms with Crippen LogP contribution >= 0.6 is 0 Å². The molecule has 9 heavy (non-hydrogen) atoms. The van der Waals surface area contributed by atoms with Crippen molar-refractivity contribution in [3.8, 4) is 0 Å². The average molecular weight is 129 g/mol. The molecule has 3 nitrogen and oxygen atoms in total. The number of aliphatic hydroxyl groups excluding tert-OH is 1. The Labute approximate surface area is 54.0 Å². The molecule has 0 bridgehead atoms. The highest BCUT2D eigenvalue weighted by molar-refractivity contribution is 4.79. The highest BCUT2D eigenvalue weighted by Gasteiger charge is 2.24. The first-order chi connectivity index (χ1) is 4.36. The van der Waals surface area contributed by atoms with E-state index in [0.29, 0.717) is 5.92 Å². The van der Waals surface area contributed by atoms with Crippen LogP contribution < -0.4 is 0 Å². The van der Waals surface area contributed by atoms with Gasteiger partial charge in [-0.15, -0.1) is 0 Å². The van der Waals surface area contributed by atoms with Crippen molar-refractivity contribution in [2.75, 3.05) is 6.61 Å². The van der Waals surface area contributed by atoms with Gasteiger partial charge in [0.25, 0.3) is 0 Å². The van der Waals surface area contributed by atoms with Gasteiger partial charge in [-0.25, -0.2) is 0 Å². The largest absolute Gasteiger partial charge is 0.396 e. The van der Waals surface area contributed by atoms with Crippen LogP contribution in [0.25, 0.3) is 0 Å². The Kier molecular flexibility index (Phi) is 2.16. The SMILES string of the molecule is O=NC1CCC(CO)C1. The molecule has 1 N–H and O–H groups in total. The molecule has 52 valence electrons. The molecule has 0 aromatic heterocycles. The monoisotopic (exact) mass is 129 g/mol. The van der Waals surface area contributed by atoms with Gasteiger partial charge < -0.3 is 5.11 Å². The van der Waals surface area contributed by atoms with Gasteiger partial charge in [0.2, 0.25) is 0 Å². The van der Waals surface area contributed by atoms with Gasteiger partial charge in [-0.2, -0.15) is 4.91 Å². The fourth-order valence-corrected chi connectivity index (χ4v) is 1.31. The molecule has 0 amide bonds. The minimum atomic E-state index is -0.0119. The van der Waals surface area contributed by atoms with E-state index in [1.54, 1.807) is 0 Å². The van der Waals surface area contributed by atoms with Crippen molar-refractivity contribution in [2.45, 2.75) is 25.3 Å². The molecule has 1 rings (SSSR count). The Morgan fingerprint density at radius 2 is 2.33 bits per heavy atom. The molecule has 2 atom stereocenters. The van der Waals surface area contributed by atoms with Crippen molar-refractivity contribution >= 4 is 0 Å². The maximum absolute atomic E-state index is 9.94.